The van der Waals surface area contributed by atoms with Gasteiger partial charge in [-0.15, -0.1) is 0 Å². The Bertz CT molecular complexity index is 939. The SMILES string of the molecule is O=C(CCC(=O)N1CCC(c2ccccc2)=N1)Nc1cccc(CN2CCOCC2)c1. The fraction of sp³-hybridized carbons (Fsp3) is 0.375. The summed E-state index contributed by atoms with van der Waals surface area (Å²) in [4.78, 5) is 27.2. The molecule has 1 fully saturated rings. The molecule has 1 N–H and O–H groups in total. The number of nitrogens with zero attached hydrogens (tertiary/aromatic N) is 3. The molecule has 4 rings (SSSR count). The Balaban J connectivity index is 1.25. The number of ether oxygens (including phenoxy) is 1. The van der Waals surface area contributed by atoms with Gasteiger partial charge >= 0.3 is 0 Å². The lowest BCUT2D eigenvalue weighted by molar-refractivity contribution is -0.132. The first kappa shape index (κ1) is 21.2. The summed E-state index contributed by atoms with van der Waals surface area (Å²) in [5, 5.41) is 8.84. The summed E-state index contributed by atoms with van der Waals surface area (Å²) in [7, 11) is 0. The van der Waals surface area contributed by atoms with E-state index in [-0.39, 0.29) is 24.7 Å². The topological polar surface area (TPSA) is 74.2 Å². The number of hydrazone groups is 1. The lowest BCUT2D eigenvalue weighted by atomic mass is 10.1. The fourth-order valence-corrected chi connectivity index (χ4v) is 3.81. The molecular formula is C24H28N4O3. The van der Waals surface area contributed by atoms with E-state index in [2.05, 4.69) is 21.4 Å². The highest BCUT2D eigenvalue weighted by Crippen LogP contribution is 2.16. The Morgan fingerprint density at radius 3 is 2.58 bits per heavy atom. The number of benzene rings is 2. The molecule has 162 valence electrons. The molecule has 0 aliphatic carbocycles. The van der Waals surface area contributed by atoms with E-state index in [4.69, 9.17) is 4.74 Å². The predicted octanol–water partition coefficient (Wildman–Crippen LogP) is 2.87. The van der Waals surface area contributed by atoms with Crippen LogP contribution < -0.4 is 5.32 Å². The van der Waals surface area contributed by atoms with Gasteiger partial charge in [0.2, 0.25) is 11.8 Å². The lowest BCUT2D eigenvalue weighted by Crippen LogP contribution is -2.35. The Morgan fingerprint density at radius 2 is 1.77 bits per heavy atom. The van der Waals surface area contributed by atoms with Crippen molar-refractivity contribution in [3.63, 3.8) is 0 Å². The molecule has 7 nitrogen and oxygen atoms in total. The molecule has 0 spiro atoms. The number of anilines is 1. The third-order valence-corrected chi connectivity index (χ3v) is 5.48. The van der Waals surface area contributed by atoms with Crippen LogP contribution in [-0.2, 0) is 20.9 Å². The Labute approximate surface area is 182 Å². The quantitative estimate of drug-likeness (QED) is 0.748. The van der Waals surface area contributed by atoms with Crippen LogP contribution in [0.5, 0.6) is 0 Å². The van der Waals surface area contributed by atoms with Crippen LogP contribution >= 0.6 is 0 Å². The van der Waals surface area contributed by atoms with Crippen LogP contribution in [0.2, 0.25) is 0 Å². The molecule has 2 heterocycles. The van der Waals surface area contributed by atoms with Gasteiger partial charge in [0.05, 0.1) is 25.5 Å². The number of amides is 2. The molecule has 31 heavy (non-hydrogen) atoms. The van der Waals surface area contributed by atoms with Crippen LogP contribution in [0.15, 0.2) is 59.7 Å². The molecule has 2 aliphatic rings. The van der Waals surface area contributed by atoms with Crippen molar-refractivity contribution in [1.29, 1.82) is 0 Å². The molecule has 0 atom stereocenters. The van der Waals surface area contributed by atoms with Gasteiger partial charge in [-0.1, -0.05) is 42.5 Å². The first-order chi connectivity index (χ1) is 15.2. The zero-order chi connectivity index (χ0) is 21.5. The number of carbonyl (C=O) groups excluding carboxylic acids is 2. The van der Waals surface area contributed by atoms with Crippen LogP contribution in [0.3, 0.4) is 0 Å². The summed E-state index contributed by atoms with van der Waals surface area (Å²) in [6, 6.07) is 17.7. The minimum Gasteiger partial charge on any atom is -0.379 e. The number of rotatable bonds is 7. The standard InChI is InChI=1S/C24H28N4O3/c29-23(25-21-8-4-5-19(17-21)18-27-13-15-31-16-14-27)9-10-24(30)28-12-11-22(26-28)20-6-2-1-3-7-20/h1-8,17H,9-16,18H2,(H,25,29). The van der Waals surface area contributed by atoms with Crippen molar-refractivity contribution in [3.05, 3.63) is 65.7 Å². The predicted molar refractivity (Wildman–Crippen MR) is 120 cm³/mol. The highest BCUT2D eigenvalue weighted by Gasteiger charge is 2.22. The Hall–Kier alpha value is -3.03. The van der Waals surface area contributed by atoms with Crippen molar-refractivity contribution < 1.29 is 14.3 Å². The minimum absolute atomic E-state index is 0.123. The van der Waals surface area contributed by atoms with Crippen LogP contribution in [-0.4, -0.2) is 60.3 Å². The summed E-state index contributed by atoms with van der Waals surface area (Å²) in [5.74, 6) is -0.287. The maximum absolute atomic E-state index is 12.5. The van der Waals surface area contributed by atoms with Gasteiger partial charge in [-0.05, 0) is 23.3 Å². The van der Waals surface area contributed by atoms with Gasteiger partial charge in [0, 0.05) is 44.6 Å². The highest BCUT2D eigenvalue weighted by atomic mass is 16.5. The van der Waals surface area contributed by atoms with E-state index >= 15 is 0 Å². The fourth-order valence-electron chi connectivity index (χ4n) is 3.81. The summed E-state index contributed by atoms with van der Waals surface area (Å²) in [6.45, 7) is 4.76. The normalized spacial score (nSPS) is 16.8. The molecule has 0 radical (unpaired) electrons. The molecule has 1 saturated heterocycles. The number of hydrogen-bond acceptors (Lipinski definition) is 5. The number of morpholine rings is 1. The second kappa shape index (κ2) is 10.3. The molecule has 0 bridgehead atoms. The van der Waals surface area contributed by atoms with Crippen molar-refractivity contribution in [2.24, 2.45) is 5.10 Å². The van der Waals surface area contributed by atoms with Gasteiger partial charge in [-0.2, -0.15) is 5.10 Å². The van der Waals surface area contributed by atoms with E-state index in [0.717, 1.165) is 61.8 Å². The third kappa shape index (κ3) is 5.99. The zero-order valence-corrected chi connectivity index (χ0v) is 17.6. The summed E-state index contributed by atoms with van der Waals surface area (Å²) < 4.78 is 5.39. The van der Waals surface area contributed by atoms with Crippen molar-refractivity contribution >= 4 is 23.2 Å². The van der Waals surface area contributed by atoms with Crippen LogP contribution in [0.4, 0.5) is 5.69 Å². The first-order valence-electron chi connectivity index (χ1n) is 10.8. The van der Waals surface area contributed by atoms with Gasteiger partial charge < -0.3 is 10.1 Å². The van der Waals surface area contributed by atoms with Crippen molar-refractivity contribution in [2.45, 2.75) is 25.8 Å². The number of nitrogens with one attached hydrogen (secondary N) is 1. The molecule has 7 heteroatoms. The Morgan fingerprint density at radius 1 is 0.968 bits per heavy atom. The summed E-state index contributed by atoms with van der Waals surface area (Å²) >= 11 is 0. The van der Waals surface area contributed by atoms with Crippen molar-refractivity contribution in [2.75, 3.05) is 38.2 Å². The second-order valence-corrected chi connectivity index (χ2v) is 7.82. The van der Waals surface area contributed by atoms with E-state index < -0.39 is 0 Å². The van der Waals surface area contributed by atoms with Gasteiger partial charge in [-0.25, -0.2) is 5.01 Å². The largest absolute Gasteiger partial charge is 0.379 e. The average molecular weight is 421 g/mol. The van der Waals surface area contributed by atoms with E-state index in [1.54, 1.807) is 0 Å². The van der Waals surface area contributed by atoms with Gasteiger partial charge in [-0.3, -0.25) is 14.5 Å². The average Bonchev–Trinajstić information content (AvgIpc) is 3.30. The van der Waals surface area contributed by atoms with Crippen LogP contribution in [0, 0.1) is 0 Å². The molecule has 0 saturated carbocycles. The van der Waals surface area contributed by atoms with Gasteiger partial charge in [0.25, 0.3) is 0 Å². The maximum Gasteiger partial charge on any atom is 0.243 e. The lowest BCUT2D eigenvalue weighted by Gasteiger charge is -2.26. The summed E-state index contributed by atoms with van der Waals surface area (Å²) in [5.41, 5.74) is 3.85. The maximum atomic E-state index is 12.5. The molecule has 0 aromatic heterocycles. The van der Waals surface area contributed by atoms with Gasteiger partial charge in [0.1, 0.15) is 0 Å². The third-order valence-electron chi connectivity index (χ3n) is 5.48. The van der Waals surface area contributed by atoms with E-state index in [0.29, 0.717) is 6.54 Å². The number of carbonyl (C=O) groups is 2. The molecule has 2 aliphatic heterocycles. The van der Waals surface area contributed by atoms with Crippen molar-refractivity contribution in [1.82, 2.24) is 9.91 Å². The first-order valence-corrected chi connectivity index (χ1v) is 10.8. The molecule has 2 amide bonds. The zero-order valence-electron chi connectivity index (χ0n) is 17.6. The smallest absolute Gasteiger partial charge is 0.243 e. The van der Waals surface area contributed by atoms with Crippen molar-refractivity contribution in [3.8, 4) is 0 Å². The van der Waals surface area contributed by atoms with E-state index in [1.165, 1.54) is 5.01 Å². The van der Waals surface area contributed by atoms with Crippen LogP contribution in [0.25, 0.3) is 0 Å². The highest BCUT2D eigenvalue weighted by molar-refractivity contribution is 6.02. The minimum atomic E-state index is -0.164. The second-order valence-electron chi connectivity index (χ2n) is 7.82. The Kier molecular flexibility index (Phi) is 7.07. The van der Waals surface area contributed by atoms with E-state index in [9.17, 15) is 9.59 Å². The monoisotopic (exact) mass is 420 g/mol. The van der Waals surface area contributed by atoms with Crippen LogP contribution in [0.1, 0.15) is 30.4 Å². The molecule has 0 unspecified atom stereocenters. The van der Waals surface area contributed by atoms with Gasteiger partial charge in [0.15, 0.2) is 0 Å². The van der Waals surface area contributed by atoms with E-state index in [1.807, 2.05) is 48.5 Å². The molecular weight excluding hydrogens is 392 g/mol. The number of hydrogen-bond donors (Lipinski definition) is 1. The molecule has 2 aromatic rings. The molecule has 2 aromatic carbocycles. The summed E-state index contributed by atoms with van der Waals surface area (Å²) in [6.07, 6.45) is 1.02.